The predicted molar refractivity (Wildman–Crippen MR) is 80.9 cm³/mol. The van der Waals surface area contributed by atoms with Crippen LogP contribution in [-0.4, -0.2) is 7.11 Å². The molecule has 2 aromatic rings. The quantitative estimate of drug-likeness (QED) is 0.834. The van der Waals surface area contributed by atoms with Crippen LogP contribution >= 0.6 is 11.6 Å². The van der Waals surface area contributed by atoms with Gasteiger partial charge in [0.25, 0.3) is 0 Å². The molecule has 3 nitrogen and oxygen atoms in total. The van der Waals surface area contributed by atoms with E-state index >= 15 is 0 Å². The van der Waals surface area contributed by atoms with Gasteiger partial charge in [-0.1, -0.05) is 29.8 Å². The monoisotopic (exact) mass is 276 g/mol. The Hall–Kier alpha value is -1.87. The highest BCUT2D eigenvalue weighted by Crippen LogP contribution is 2.31. The first-order valence-corrected chi connectivity index (χ1v) is 6.41. The average Bonchev–Trinajstić information content (AvgIpc) is 2.41. The van der Waals surface area contributed by atoms with Crippen molar-refractivity contribution in [1.82, 2.24) is 0 Å². The van der Waals surface area contributed by atoms with Crippen molar-refractivity contribution in [1.29, 1.82) is 0 Å². The van der Waals surface area contributed by atoms with Gasteiger partial charge in [0.2, 0.25) is 0 Å². The molecule has 0 aliphatic rings. The molecule has 100 valence electrons. The molecule has 0 fully saturated rings. The molecule has 0 spiro atoms. The van der Waals surface area contributed by atoms with E-state index < -0.39 is 0 Å². The van der Waals surface area contributed by atoms with Crippen LogP contribution in [0, 0.1) is 6.92 Å². The smallest absolute Gasteiger partial charge is 0.143 e. The predicted octanol–water partition coefficient (Wildman–Crippen LogP) is 3.85. The summed E-state index contributed by atoms with van der Waals surface area (Å²) in [5.74, 6) is 0.727. The fourth-order valence-corrected chi connectivity index (χ4v) is 2.01. The molecule has 0 saturated carbocycles. The summed E-state index contributed by atoms with van der Waals surface area (Å²) >= 11 is 6.08. The number of aryl methyl sites for hydroxylation is 1. The molecule has 0 aliphatic carbocycles. The zero-order valence-electron chi connectivity index (χ0n) is 11.0. The number of anilines is 2. The van der Waals surface area contributed by atoms with E-state index in [4.69, 9.17) is 22.1 Å². The number of halogens is 1. The molecule has 0 atom stereocenters. The van der Waals surface area contributed by atoms with Crippen LogP contribution in [0.1, 0.15) is 11.1 Å². The highest BCUT2D eigenvalue weighted by Gasteiger charge is 2.07. The lowest BCUT2D eigenvalue weighted by Crippen LogP contribution is -2.04. The molecule has 0 unspecified atom stereocenters. The second-order valence-electron chi connectivity index (χ2n) is 4.35. The molecule has 0 radical (unpaired) electrons. The molecule has 0 saturated heterocycles. The molecule has 2 aromatic carbocycles. The van der Waals surface area contributed by atoms with Gasteiger partial charge >= 0.3 is 0 Å². The maximum absolute atomic E-state index is 6.08. The summed E-state index contributed by atoms with van der Waals surface area (Å²) in [6.07, 6.45) is 0. The minimum absolute atomic E-state index is 0.643. The Morgan fingerprint density at radius 3 is 2.68 bits per heavy atom. The van der Waals surface area contributed by atoms with Crippen LogP contribution in [0.5, 0.6) is 5.75 Å². The number of ether oxygens (including phenoxy) is 1. The molecule has 0 heterocycles. The Kier molecular flexibility index (Phi) is 4.17. The third kappa shape index (κ3) is 3.12. The van der Waals surface area contributed by atoms with E-state index in [9.17, 15) is 0 Å². The lowest BCUT2D eigenvalue weighted by atomic mass is 10.1. The maximum Gasteiger partial charge on any atom is 0.143 e. The SMILES string of the molecule is COc1cc(Cl)c(C)cc1NCc1ccccc1N. The van der Waals surface area contributed by atoms with E-state index in [1.807, 2.05) is 43.3 Å². The average molecular weight is 277 g/mol. The van der Waals surface area contributed by atoms with Gasteiger partial charge in [-0.2, -0.15) is 0 Å². The summed E-state index contributed by atoms with van der Waals surface area (Å²) in [6.45, 7) is 2.61. The fourth-order valence-electron chi connectivity index (χ4n) is 1.86. The van der Waals surface area contributed by atoms with Crippen LogP contribution in [0.2, 0.25) is 5.02 Å². The Morgan fingerprint density at radius 2 is 2.00 bits per heavy atom. The largest absolute Gasteiger partial charge is 0.495 e. The number of para-hydroxylation sites is 1. The summed E-state index contributed by atoms with van der Waals surface area (Å²) < 4.78 is 5.32. The van der Waals surface area contributed by atoms with Crippen LogP contribution in [-0.2, 0) is 6.54 Å². The van der Waals surface area contributed by atoms with Gasteiger partial charge in [0.1, 0.15) is 5.75 Å². The number of nitrogens with one attached hydrogen (secondary N) is 1. The summed E-state index contributed by atoms with van der Waals surface area (Å²) in [6, 6.07) is 11.6. The Morgan fingerprint density at radius 1 is 1.26 bits per heavy atom. The van der Waals surface area contributed by atoms with Crippen LogP contribution in [0.4, 0.5) is 11.4 Å². The standard InChI is InChI=1S/C15H17ClN2O/c1-10-7-14(15(19-2)8-12(10)16)18-9-11-5-3-4-6-13(11)17/h3-8,18H,9,17H2,1-2H3. The van der Waals surface area contributed by atoms with Gasteiger partial charge in [0.05, 0.1) is 12.8 Å². The van der Waals surface area contributed by atoms with Crippen molar-refractivity contribution < 1.29 is 4.74 Å². The molecule has 0 amide bonds. The van der Waals surface area contributed by atoms with Gasteiger partial charge in [-0.05, 0) is 30.2 Å². The van der Waals surface area contributed by atoms with Gasteiger partial charge in [-0.25, -0.2) is 0 Å². The Labute approximate surface area is 118 Å². The van der Waals surface area contributed by atoms with Gasteiger partial charge in [-0.15, -0.1) is 0 Å². The number of nitrogens with two attached hydrogens (primary N) is 1. The van der Waals surface area contributed by atoms with Gasteiger partial charge in [-0.3, -0.25) is 0 Å². The van der Waals surface area contributed by atoms with E-state index in [2.05, 4.69) is 5.32 Å². The lowest BCUT2D eigenvalue weighted by Gasteiger charge is -2.14. The Balaban J connectivity index is 2.20. The second-order valence-corrected chi connectivity index (χ2v) is 4.76. The second kappa shape index (κ2) is 5.85. The molecule has 2 rings (SSSR count). The van der Waals surface area contributed by atoms with E-state index in [1.165, 1.54) is 0 Å². The van der Waals surface area contributed by atoms with Crippen molar-refractivity contribution >= 4 is 23.0 Å². The molecule has 0 aliphatic heterocycles. The molecule has 3 N–H and O–H groups in total. The van der Waals surface area contributed by atoms with Crippen LogP contribution in [0.15, 0.2) is 36.4 Å². The molecule has 0 bridgehead atoms. The number of rotatable bonds is 4. The van der Waals surface area contributed by atoms with E-state index in [-0.39, 0.29) is 0 Å². The van der Waals surface area contributed by atoms with Crippen LogP contribution < -0.4 is 15.8 Å². The van der Waals surface area contributed by atoms with E-state index in [0.717, 1.165) is 28.3 Å². The normalized spacial score (nSPS) is 10.3. The van der Waals surface area contributed by atoms with Crippen molar-refractivity contribution in [3.63, 3.8) is 0 Å². The van der Waals surface area contributed by atoms with E-state index in [1.54, 1.807) is 7.11 Å². The minimum atomic E-state index is 0.643. The van der Waals surface area contributed by atoms with Crippen molar-refractivity contribution in [3.8, 4) is 5.75 Å². The molecule has 19 heavy (non-hydrogen) atoms. The van der Waals surface area contributed by atoms with Crippen LogP contribution in [0.3, 0.4) is 0 Å². The van der Waals surface area contributed by atoms with Crippen LogP contribution in [0.25, 0.3) is 0 Å². The first kappa shape index (κ1) is 13.6. The van der Waals surface area contributed by atoms with Crippen molar-refractivity contribution in [2.24, 2.45) is 0 Å². The molecule has 0 aromatic heterocycles. The first-order chi connectivity index (χ1) is 9.11. The van der Waals surface area contributed by atoms with Gasteiger partial charge in [0, 0.05) is 23.3 Å². The highest BCUT2D eigenvalue weighted by atomic mass is 35.5. The summed E-state index contributed by atoms with van der Waals surface area (Å²) in [7, 11) is 1.63. The molecule has 4 heteroatoms. The number of hydrogen-bond acceptors (Lipinski definition) is 3. The third-order valence-corrected chi connectivity index (χ3v) is 3.41. The number of nitrogen functional groups attached to an aromatic ring is 1. The van der Waals surface area contributed by atoms with Crippen molar-refractivity contribution in [2.45, 2.75) is 13.5 Å². The summed E-state index contributed by atoms with van der Waals surface area (Å²) in [5, 5.41) is 4.02. The zero-order valence-corrected chi connectivity index (χ0v) is 11.8. The lowest BCUT2D eigenvalue weighted by molar-refractivity contribution is 0.416. The topological polar surface area (TPSA) is 47.3 Å². The molecular weight excluding hydrogens is 260 g/mol. The highest BCUT2D eigenvalue weighted by molar-refractivity contribution is 6.31. The molecular formula is C15H17ClN2O. The number of benzene rings is 2. The third-order valence-electron chi connectivity index (χ3n) is 3.01. The van der Waals surface area contributed by atoms with Crippen molar-refractivity contribution in [3.05, 3.63) is 52.5 Å². The number of methoxy groups -OCH3 is 1. The van der Waals surface area contributed by atoms with Gasteiger partial charge < -0.3 is 15.8 Å². The fraction of sp³-hybridized carbons (Fsp3) is 0.200. The minimum Gasteiger partial charge on any atom is -0.495 e. The van der Waals surface area contributed by atoms with Gasteiger partial charge in [0.15, 0.2) is 0 Å². The van der Waals surface area contributed by atoms with Crippen molar-refractivity contribution in [2.75, 3.05) is 18.2 Å². The Bertz CT molecular complexity index is 584. The first-order valence-electron chi connectivity index (χ1n) is 6.03. The maximum atomic E-state index is 6.08. The zero-order chi connectivity index (χ0) is 13.8. The number of hydrogen-bond donors (Lipinski definition) is 2. The summed E-state index contributed by atoms with van der Waals surface area (Å²) in [5.41, 5.74) is 9.66. The summed E-state index contributed by atoms with van der Waals surface area (Å²) in [4.78, 5) is 0. The van der Waals surface area contributed by atoms with E-state index in [0.29, 0.717) is 11.6 Å².